The first kappa shape index (κ1) is 12.9. The van der Waals surface area contributed by atoms with E-state index in [1.165, 1.54) is 12.1 Å². The summed E-state index contributed by atoms with van der Waals surface area (Å²) in [4.78, 5) is 10.9. The van der Waals surface area contributed by atoms with Crippen molar-refractivity contribution in [2.45, 2.75) is 25.9 Å². The lowest BCUT2D eigenvalue weighted by Crippen LogP contribution is -2.40. The lowest BCUT2D eigenvalue weighted by Gasteiger charge is -2.19. The molecular weight excluding hydrogens is 231 g/mol. The normalized spacial score (nSPS) is 14.5. The van der Waals surface area contributed by atoms with E-state index in [-0.39, 0.29) is 11.9 Å². The zero-order valence-electron chi connectivity index (χ0n) is 9.13. The van der Waals surface area contributed by atoms with E-state index < -0.39 is 11.9 Å². The average molecular weight is 245 g/mol. The van der Waals surface area contributed by atoms with E-state index in [0.29, 0.717) is 5.02 Å². The number of carbonyl (C=O) groups is 1. The first-order valence-corrected chi connectivity index (χ1v) is 5.30. The standard InChI is InChI=1S/C11H14ClFN2O/c1-6(15-7(2)11(14)16)9-4-3-8(13)5-10(9)12/h3-7,15H,1-2H3,(H2,14,16). The molecule has 0 aromatic heterocycles. The Bertz CT molecular complexity index is 398. The Balaban J connectivity index is 2.80. The van der Waals surface area contributed by atoms with E-state index in [9.17, 15) is 9.18 Å². The van der Waals surface area contributed by atoms with Gasteiger partial charge in [0.15, 0.2) is 0 Å². The minimum Gasteiger partial charge on any atom is -0.368 e. The van der Waals surface area contributed by atoms with Crippen molar-refractivity contribution in [3.05, 3.63) is 34.6 Å². The van der Waals surface area contributed by atoms with Crippen molar-refractivity contribution in [2.75, 3.05) is 0 Å². The Labute approximate surface area is 98.8 Å². The fraction of sp³-hybridized carbons (Fsp3) is 0.364. The lowest BCUT2D eigenvalue weighted by atomic mass is 10.1. The fourth-order valence-corrected chi connectivity index (χ4v) is 1.73. The van der Waals surface area contributed by atoms with Crippen LogP contribution in [-0.2, 0) is 4.79 Å². The summed E-state index contributed by atoms with van der Waals surface area (Å²) in [6.45, 7) is 3.49. The second kappa shape index (κ2) is 5.27. The first-order chi connectivity index (χ1) is 7.41. The van der Waals surface area contributed by atoms with Crippen LogP contribution in [0.15, 0.2) is 18.2 Å². The van der Waals surface area contributed by atoms with Crippen LogP contribution in [0.1, 0.15) is 25.5 Å². The third-order valence-corrected chi connectivity index (χ3v) is 2.68. The van der Waals surface area contributed by atoms with Crippen molar-refractivity contribution in [3.8, 4) is 0 Å². The van der Waals surface area contributed by atoms with Gasteiger partial charge in [0, 0.05) is 11.1 Å². The molecule has 3 nitrogen and oxygen atoms in total. The third kappa shape index (κ3) is 3.18. The third-order valence-electron chi connectivity index (χ3n) is 2.36. The molecule has 0 fully saturated rings. The number of carbonyl (C=O) groups excluding carboxylic acids is 1. The summed E-state index contributed by atoms with van der Waals surface area (Å²) in [7, 11) is 0. The maximum atomic E-state index is 12.8. The molecule has 1 aromatic rings. The molecule has 2 unspecified atom stereocenters. The zero-order chi connectivity index (χ0) is 12.3. The van der Waals surface area contributed by atoms with Gasteiger partial charge in [-0.2, -0.15) is 0 Å². The number of nitrogens with two attached hydrogens (primary N) is 1. The molecule has 1 aromatic carbocycles. The van der Waals surface area contributed by atoms with Crippen LogP contribution >= 0.6 is 11.6 Å². The zero-order valence-corrected chi connectivity index (χ0v) is 9.88. The van der Waals surface area contributed by atoms with Gasteiger partial charge in [-0.15, -0.1) is 0 Å². The van der Waals surface area contributed by atoms with Gasteiger partial charge in [0.25, 0.3) is 0 Å². The Kier molecular flexibility index (Phi) is 4.26. The van der Waals surface area contributed by atoms with Gasteiger partial charge in [-0.25, -0.2) is 4.39 Å². The van der Waals surface area contributed by atoms with Crippen molar-refractivity contribution in [2.24, 2.45) is 5.73 Å². The lowest BCUT2D eigenvalue weighted by molar-refractivity contribution is -0.119. The van der Waals surface area contributed by atoms with Gasteiger partial charge in [0.2, 0.25) is 5.91 Å². The summed E-state index contributed by atoms with van der Waals surface area (Å²) in [6, 6.07) is 3.52. The van der Waals surface area contributed by atoms with Crippen molar-refractivity contribution >= 4 is 17.5 Å². The topological polar surface area (TPSA) is 55.1 Å². The van der Waals surface area contributed by atoms with Gasteiger partial charge in [-0.3, -0.25) is 10.1 Å². The summed E-state index contributed by atoms with van der Waals surface area (Å²) in [5.41, 5.74) is 5.86. The summed E-state index contributed by atoms with van der Waals surface area (Å²) >= 11 is 5.89. The second-order valence-corrected chi connectivity index (χ2v) is 4.09. The molecule has 0 heterocycles. The van der Waals surface area contributed by atoms with Gasteiger partial charge in [-0.05, 0) is 31.5 Å². The molecule has 2 atom stereocenters. The highest BCUT2D eigenvalue weighted by Gasteiger charge is 2.15. The van der Waals surface area contributed by atoms with E-state index in [4.69, 9.17) is 17.3 Å². The predicted octanol–water partition coefficient (Wildman–Crippen LogP) is 2.00. The second-order valence-electron chi connectivity index (χ2n) is 3.68. The Morgan fingerprint density at radius 1 is 1.50 bits per heavy atom. The van der Waals surface area contributed by atoms with Crippen molar-refractivity contribution in [1.82, 2.24) is 5.32 Å². The summed E-state index contributed by atoms with van der Waals surface area (Å²) < 4.78 is 12.8. The summed E-state index contributed by atoms with van der Waals surface area (Å²) in [6.07, 6.45) is 0. The number of hydrogen-bond acceptors (Lipinski definition) is 2. The maximum absolute atomic E-state index is 12.8. The molecule has 0 radical (unpaired) electrons. The number of benzene rings is 1. The molecule has 0 saturated heterocycles. The molecule has 5 heteroatoms. The Hall–Kier alpha value is -1.13. The van der Waals surface area contributed by atoms with Crippen LogP contribution in [0.3, 0.4) is 0 Å². The van der Waals surface area contributed by atoms with Gasteiger partial charge >= 0.3 is 0 Å². The van der Waals surface area contributed by atoms with E-state index in [0.717, 1.165) is 5.56 Å². The van der Waals surface area contributed by atoms with E-state index in [1.807, 2.05) is 6.92 Å². The van der Waals surface area contributed by atoms with Crippen LogP contribution in [-0.4, -0.2) is 11.9 Å². The molecule has 1 amide bonds. The van der Waals surface area contributed by atoms with E-state index in [1.54, 1.807) is 13.0 Å². The van der Waals surface area contributed by atoms with E-state index in [2.05, 4.69) is 5.32 Å². The molecule has 3 N–H and O–H groups in total. The number of amides is 1. The van der Waals surface area contributed by atoms with Crippen LogP contribution in [0.5, 0.6) is 0 Å². The number of nitrogens with one attached hydrogen (secondary N) is 1. The monoisotopic (exact) mass is 244 g/mol. The van der Waals surface area contributed by atoms with Crippen molar-refractivity contribution < 1.29 is 9.18 Å². The summed E-state index contributed by atoms with van der Waals surface area (Å²) in [5.74, 6) is -0.825. The SMILES string of the molecule is CC(NC(C)c1ccc(F)cc1Cl)C(N)=O. The molecule has 88 valence electrons. The molecule has 16 heavy (non-hydrogen) atoms. The summed E-state index contributed by atoms with van der Waals surface area (Å²) in [5, 5.41) is 3.30. The van der Waals surface area contributed by atoms with Gasteiger partial charge in [0.1, 0.15) is 5.82 Å². The largest absolute Gasteiger partial charge is 0.368 e. The number of rotatable bonds is 4. The highest BCUT2D eigenvalue weighted by molar-refractivity contribution is 6.31. The first-order valence-electron chi connectivity index (χ1n) is 4.92. The molecule has 0 bridgehead atoms. The molecule has 0 spiro atoms. The van der Waals surface area contributed by atoms with Crippen LogP contribution in [0.4, 0.5) is 4.39 Å². The fourth-order valence-electron chi connectivity index (χ4n) is 1.40. The quantitative estimate of drug-likeness (QED) is 0.851. The van der Waals surface area contributed by atoms with Gasteiger partial charge in [0.05, 0.1) is 6.04 Å². The maximum Gasteiger partial charge on any atom is 0.234 e. The van der Waals surface area contributed by atoms with E-state index >= 15 is 0 Å². The van der Waals surface area contributed by atoms with Gasteiger partial charge < -0.3 is 5.73 Å². The minimum absolute atomic E-state index is 0.171. The predicted molar refractivity (Wildman–Crippen MR) is 61.6 cm³/mol. The number of hydrogen-bond donors (Lipinski definition) is 2. The molecule has 0 aliphatic rings. The van der Waals surface area contributed by atoms with Gasteiger partial charge in [-0.1, -0.05) is 17.7 Å². The molecular formula is C11H14ClFN2O. The number of halogens is 2. The van der Waals surface area contributed by atoms with Crippen molar-refractivity contribution in [3.63, 3.8) is 0 Å². The molecule has 1 rings (SSSR count). The number of primary amides is 1. The highest BCUT2D eigenvalue weighted by atomic mass is 35.5. The van der Waals surface area contributed by atoms with Crippen LogP contribution < -0.4 is 11.1 Å². The smallest absolute Gasteiger partial charge is 0.234 e. The van der Waals surface area contributed by atoms with Crippen LogP contribution in [0.2, 0.25) is 5.02 Å². The van der Waals surface area contributed by atoms with Crippen LogP contribution in [0.25, 0.3) is 0 Å². The Morgan fingerprint density at radius 2 is 2.12 bits per heavy atom. The Morgan fingerprint density at radius 3 is 2.62 bits per heavy atom. The molecule has 0 aliphatic heterocycles. The van der Waals surface area contributed by atoms with Crippen LogP contribution in [0, 0.1) is 5.82 Å². The molecule has 0 saturated carbocycles. The highest BCUT2D eigenvalue weighted by Crippen LogP contribution is 2.23. The molecule has 0 aliphatic carbocycles. The van der Waals surface area contributed by atoms with Crippen molar-refractivity contribution in [1.29, 1.82) is 0 Å². The average Bonchev–Trinajstić information content (AvgIpc) is 2.16. The minimum atomic E-state index is -0.462.